The molecule has 0 aliphatic carbocycles. The predicted molar refractivity (Wildman–Crippen MR) is 88.3 cm³/mol. The number of aromatic nitrogens is 2. The van der Waals surface area contributed by atoms with Crippen LogP contribution in [0.1, 0.15) is 23.1 Å². The number of anilines is 1. The second kappa shape index (κ2) is 7.49. The minimum absolute atomic E-state index is 0.167. The third kappa shape index (κ3) is 3.65. The van der Waals surface area contributed by atoms with Gasteiger partial charge in [-0.25, -0.2) is 0 Å². The number of rotatable bonds is 7. The number of carbonyl (C=O) groups excluding carboxylic acids is 2. The molecule has 0 unspecified atom stereocenters. The van der Waals surface area contributed by atoms with Crippen molar-refractivity contribution < 1.29 is 19.1 Å². The monoisotopic (exact) mass is 332 g/mol. The molecule has 0 saturated carbocycles. The Bertz CT molecular complexity index is 755. The first-order chi connectivity index (χ1) is 11.5. The maximum absolute atomic E-state index is 12.1. The number of carbonyl (C=O) groups is 2. The zero-order valence-electron chi connectivity index (χ0n) is 13.8. The molecule has 2 aromatic rings. The molecule has 0 aliphatic rings. The van der Waals surface area contributed by atoms with Crippen molar-refractivity contribution >= 4 is 17.5 Å². The summed E-state index contributed by atoms with van der Waals surface area (Å²) in [4.78, 5) is 23.8. The van der Waals surface area contributed by atoms with Gasteiger partial charge < -0.3 is 20.5 Å². The number of nitrogens with zero attached hydrogens (tertiary/aromatic N) is 2. The fraction of sp³-hybridized carbons (Fsp3) is 0.312. The van der Waals surface area contributed by atoms with Gasteiger partial charge in [-0.2, -0.15) is 5.10 Å². The summed E-state index contributed by atoms with van der Waals surface area (Å²) in [7, 11) is 1.52. The Morgan fingerprint density at radius 3 is 2.54 bits per heavy atom. The fourth-order valence-corrected chi connectivity index (χ4v) is 2.27. The maximum Gasteiger partial charge on any atom is 0.269 e. The van der Waals surface area contributed by atoms with Gasteiger partial charge >= 0.3 is 0 Å². The topological polar surface area (TPSA) is 108 Å². The summed E-state index contributed by atoms with van der Waals surface area (Å²) in [6.45, 7) is 3.74. The Hall–Kier alpha value is -3.03. The first kappa shape index (κ1) is 17.3. The van der Waals surface area contributed by atoms with Crippen molar-refractivity contribution in [3.63, 3.8) is 0 Å². The SMILES string of the molecule is CCn1nc(C)c(NC(=O)COc2ccccc2OC)c1C(N)=O. The van der Waals surface area contributed by atoms with Gasteiger partial charge in [-0.1, -0.05) is 12.1 Å². The highest BCUT2D eigenvalue weighted by Crippen LogP contribution is 2.26. The number of ether oxygens (including phenoxy) is 2. The lowest BCUT2D eigenvalue weighted by molar-refractivity contribution is -0.118. The van der Waals surface area contributed by atoms with Gasteiger partial charge in [0.05, 0.1) is 18.5 Å². The summed E-state index contributed by atoms with van der Waals surface area (Å²) in [5.41, 5.74) is 6.37. The lowest BCUT2D eigenvalue weighted by Crippen LogP contribution is -2.24. The molecule has 0 saturated heterocycles. The van der Waals surface area contributed by atoms with Gasteiger partial charge in [0.15, 0.2) is 18.1 Å². The molecule has 0 radical (unpaired) electrons. The molecule has 24 heavy (non-hydrogen) atoms. The normalized spacial score (nSPS) is 10.3. The highest BCUT2D eigenvalue weighted by Gasteiger charge is 2.21. The van der Waals surface area contributed by atoms with Gasteiger partial charge in [0.1, 0.15) is 5.69 Å². The smallest absolute Gasteiger partial charge is 0.269 e. The molecular formula is C16H20N4O4. The Kier molecular flexibility index (Phi) is 5.41. The number of amides is 2. The van der Waals surface area contributed by atoms with Gasteiger partial charge in [-0.05, 0) is 26.0 Å². The predicted octanol–water partition coefficient (Wildman–Crippen LogP) is 1.34. The van der Waals surface area contributed by atoms with Crippen LogP contribution in [0.25, 0.3) is 0 Å². The molecule has 128 valence electrons. The molecule has 0 fully saturated rings. The van der Waals surface area contributed by atoms with Crippen molar-refractivity contribution in [1.29, 1.82) is 0 Å². The van der Waals surface area contributed by atoms with Crippen LogP contribution in [-0.2, 0) is 11.3 Å². The molecule has 0 aliphatic heterocycles. The van der Waals surface area contributed by atoms with Gasteiger partial charge in [0, 0.05) is 6.54 Å². The van der Waals surface area contributed by atoms with Gasteiger partial charge in [-0.15, -0.1) is 0 Å². The van der Waals surface area contributed by atoms with E-state index in [9.17, 15) is 9.59 Å². The van der Waals surface area contributed by atoms with Gasteiger partial charge in [-0.3, -0.25) is 14.3 Å². The van der Waals surface area contributed by atoms with Crippen molar-refractivity contribution in [2.24, 2.45) is 5.73 Å². The first-order valence-electron chi connectivity index (χ1n) is 7.40. The molecule has 3 N–H and O–H groups in total. The standard InChI is InChI=1S/C16H20N4O4/c1-4-20-15(16(17)22)14(10(2)19-20)18-13(21)9-24-12-8-6-5-7-11(12)23-3/h5-8H,4,9H2,1-3H3,(H2,17,22)(H,18,21). The minimum Gasteiger partial charge on any atom is -0.493 e. The van der Waals surface area contributed by atoms with E-state index in [0.29, 0.717) is 29.4 Å². The number of nitrogens with two attached hydrogens (primary N) is 1. The van der Waals surface area contributed by atoms with Crippen LogP contribution in [0.2, 0.25) is 0 Å². The Labute approximate surface area is 139 Å². The number of hydrogen-bond acceptors (Lipinski definition) is 5. The molecule has 1 aromatic carbocycles. The van der Waals surface area contributed by atoms with Crippen LogP contribution in [0.3, 0.4) is 0 Å². The van der Waals surface area contributed by atoms with Crippen molar-refractivity contribution in [2.75, 3.05) is 19.0 Å². The molecule has 1 heterocycles. The number of primary amides is 1. The summed E-state index contributed by atoms with van der Waals surface area (Å²) in [6.07, 6.45) is 0. The van der Waals surface area contributed by atoms with Gasteiger partial charge in [0.25, 0.3) is 11.8 Å². The molecule has 0 bridgehead atoms. The van der Waals surface area contributed by atoms with Crippen LogP contribution in [0.15, 0.2) is 24.3 Å². The highest BCUT2D eigenvalue weighted by atomic mass is 16.5. The molecule has 1 aromatic heterocycles. The van der Waals surface area contributed by atoms with Crippen LogP contribution in [0, 0.1) is 6.92 Å². The van der Waals surface area contributed by atoms with E-state index in [-0.39, 0.29) is 12.3 Å². The molecule has 2 rings (SSSR count). The Morgan fingerprint density at radius 2 is 1.96 bits per heavy atom. The van der Waals surface area contributed by atoms with E-state index < -0.39 is 11.8 Å². The van der Waals surface area contributed by atoms with Crippen molar-refractivity contribution in [1.82, 2.24) is 9.78 Å². The number of benzene rings is 1. The summed E-state index contributed by atoms with van der Waals surface area (Å²) in [6, 6.07) is 7.00. The van der Waals surface area contributed by atoms with Crippen LogP contribution >= 0.6 is 0 Å². The van der Waals surface area contributed by atoms with E-state index in [4.69, 9.17) is 15.2 Å². The highest BCUT2D eigenvalue weighted by molar-refractivity contribution is 6.02. The van der Waals surface area contributed by atoms with E-state index in [0.717, 1.165) is 0 Å². The molecule has 0 spiro atoms. The van der Waals surface area contributed by atoms with Crippen molar-refractivity contribution in [2.45, 2.75) is 20.4 Å². The zero-order chi connectivity index (χ0) is 17.7. The molecule has 8 heteroatoms. The van der Waals surface area contributed by atoms with E-state index in [1.807, 2.05) is 6.92 Å². The maximum atomic E-state index is 12.1. The second-order valence-corrected chi connectivity index (χ2v) is 4.98. The van der Waals surface area contributed by atoms with Crippen LogP contribution in [0.4, 0.5) is 5.69 Å². The summed E-state index contributed by atoms with van der Waals surface area (Å²) >= 11 is 0. The fourth-order valence-electron chi connectivity index (χ4n) is 2.27. The summed E-state index contributed by atoms with van der Waals surface area (Å²) in [5.74, 6) is -0.107. The number of nitrogens with one attached hydrogen (secondary N) is 1. The molecular weight excluding hydrogens is 312 g/mol. The summed E-state index contributed by atoms with van der Waals surface area (Å²) in [5, 5.41) is 6.82. The third-order valence-corrected chi connectivity index (χ3v) is 3.35. The largest absolute Gasteiger partial charge is 0.493 e. The van der Waals surface area contributed by atoms with Crippen molar-refractivity contribution in [3.05, 3.63) is 35.7 Å². The molecule has 2 amide bonds. The average Bonchev–Trinajstić information content (AvgIpc) is 2.89. The van der Waals surface area contributed by atoms with Gasteiger partial charge in [0.2, 0.25) is 0 Å². The number of hydrogen-bond donors (Lipinski definition) is 2. The van der Waals surface area contributed by atoms with Crippen molar-refractivity contribution in [3.8, 4) is 11.5 Å². The van der Waals surface area contributed by atoms with E-state index >= 15 is 0 Å². The number of para-hydroxylation sites is 2. The third-order valence-electron chi connectivity index (χ3n) is 3.35. The van der Waals surface area contributed by atoms with Crippen LogP contribution in [0.5, 0.6) is 11.5 Å². The molecule has 0 atom stereocenters. The Morgan fingerprint density at radius 1 is 1.29 bits per heavy atom. The Balaban J connectivity index is 2.10. The quantitative estimate of drug-likeness (QED) is 0.795. The van der Waals surface area contributed by atoms with Crippen LogP contribution < -0.4 is 20.5 Å². The number of aryl methyl sites for hydroxylation is 2. The second-order valence-electron chi connectivity index (χ2n) is 4.98. The van der Waals surface area contributed by atoms with E-state index in [1.54, 1.807) is 31.2 Å². The minimum atomic E-state index is -0.654. The molecule has 8 nitrogen and oxygen atoms in total. The lowest BCUT2D eigenvalue weighted by atomic mass is 10.2. The van der Waals surface area contributed by atoms with E-state index in [1.165, 1.54) is 11.8 Å². The lowest BCUT2D eigenvalue weighted by Gasteiger charge is -2.11. The average molecular weight is 332 g/mol. The number of methoxy groups -OCH3 is 1. The van der Waals surface area contributed by atoms with E-state index in [2.05, 4.69) is 10.4 Å². The summed E-state index contributed by atoms with van der Waals surface area (Å²) < 4.78 is 12.1. The first-order valence-corrected chi connectivity index (χ1v) is 7.40. The zero-order valence-corrected chi connectivity index (χ0v) is 13.8. The van der Waals surface area contributed by atoms with Crippen LogP contribution in [-0.4, -0.2) is 35.3 Å².